The molecule has 0 aliphatic carbocycles. The Bertz CT molecular complexity index is 1130. The lowest BCUT2D eigenvalue weighted by molar-refractivity contribution is 0.430. The predicted octanol–water partition coefficient (Wildman–Crippen LogP) is 9.23. The highest BCUT2D eigenvalue weighted by atomic mass is 32.1. The Morgan fingerprint density at radius 1 is 0.906 bits per heavy atom. The van der Waals surface area contributed by atoms with E-state index in [4.69, 9.17) is 0 Å². The molecule has 1 nitrogen and oxygen atoms in total. The summed E-state index contributed by atoms with van der Waals surface area (Å²) in [5.41, 5.74) is 1.38. The van der Waals surface area contributed by atoms with Crippen molar-refractivity contribution in [3.05, 3.63) is 70.1 Å². The number of aryl methyl sites for hydroxylation is 1. The van der Waals surface area contributed by atoms with E-state index >= 15 is 0 Å². The Balaban J connectivity index is 2.21. The molecule has 32 heavy (non-hydrogen) atoms. The first kappa shape index (κ1) is 25.1. The molecule has 0 amide bonds. The lowest BCUT2D eigenvalue weighted by Gasteiger charge is -2.37. The Morgan fingerprint density at radius 2 is 1.50 bits per heavy atom. The number of benzene rings is 2. The van der Waals surface area contributed by atoms with Crippen molar-refractivity contribution in [3.63, 3.8) is 0 Å². The van der Waals surface area contributed by atoms with E-state index in [0.717, 1.165) is 10.4 Å². The topological polar surface area (TPSA) is 17.1 Å². The molecule has 3 aromatic rings. The van der Waals surface area contributed by atoms with Crippen LogP contribution in [0.5, 0.6) is 0 Å². The van der Waals surface area contributed by atoms with Crippen molar-refractivity contribution in [2.75, 3.05) is 12.3 Å². The van der Waals surface area contributed by atoms with E-state index in [9.17, 15) is 13.3 Å². The van der Waals surface area contributed by atoms with Gasteiger partial charge in [0.2, 0.25) is 0 Å². The second kappa shape index (κ2) is 9.03. The van der Waals surface area contributed by atoms with Gasteiger partial charge in [-0.05, 0) is 58.9 Å². The molecule has 0 radical (unpaired) electrons. The van der Waals surface area contributed by atoms with Crippen LogP contribution in [0.1, 0.15) is 63.2 Å². The molecule has 1 atom stereocenters. The van der Waals surface area contributed by atoms with Crippen LogP contribution in [0.15, 0.2) is 42.5 Å². The zero-order chi connectivity index (χ0) is 23.9. The summed E-state index contributed by atoms with van der Waals surface area (Å²) in [6.07, 6.45) is 1.66. The third-order valence-electron chi connectivity index (χ3n) is 5.65. The average molecular weight is 477 g/mol. The van der Waals surface area contributed by atoms with Crippen LogP contribution in [0.25, 0.3) is 10.1 Å². The first-order valence-electron chi connectivity index (χ1n) is 11.2. The van der Waals surface area contributed by atoms with E-state index in [-0.39, 0.29) is 16.5 Å². The Labute approximate surface area is 195 Å². The maximum atomic E-state index is 15.0. The maximum Gasteiger partial charge on any atom is 0.159 e. The van der Waals surface area contributed by atoms with Crippen molar-refractivity contribution in [1.29, 1.82) is 0 Å². The SMILES string of the molecule is Cc1c(C(Cc2ccc(F)c(F)c2)P(=O)(CC(C)(C)C)CC(C)(C)C)sc2ccccc12. The third-order valence-corrected chi connectivity index (χ3v) is 11.8. The van der Waals surface area contributed by atoms with Crippen molar-refractivity contribution in [1.82, 2.24) is 0 Å². The molecule has 0 fully saturated rings. The molecule has 0 saturated carbocycles. The fraction of sp³-hybridized carbons (Fsp3) is 0.481. The number of thiophene rings is 1. The summed E-state index contributed by atoms with van der Waals surface area (Å²) in [5, 5.41) is 1.18. The van der Waals surface area contributed by atoms with Gasteiger partial charge in [-0.1, -0.05) is 65.8 Å². The minimum absolute atomic E-state index is 0.113. The molecule has 2 aromatic carbocycles. The van der Waals surface area contributed by atoms with Gasteiger partial charge in [-0.25, -0.2) is 8.78 Å². The number of hydrogen-bond acceptors (Lipinski definition) is 2. The number of fused-ring (bicyclic) bond motifs is 1. The van der Waals surface area contributed by atoms with Crippen molar-refractivity contribution in [2.24, 2.45) is 10.8 Å². The van der Waals surface area contributed by atoms with Gasteiger partial charge < -0.3 is 4.57 Å². The molecule has 0 aliphatic rings. The molecule has 0 bridgehead atoms. The normalized spacial score (nSPS) is 14.2. The van der Waals surface area contributed by atoms with Crippen molar-refractivity contribution >= 4 is 28.6 Å². The molecule has 0 saturated heterocycles. The highest BCUT2D eigenvalue weighted by Gasteiger charge is 2.41. The smallest absolute Gasteiger partial charge is 0.159 e. The predicted molar refractivity (Wildman–Crippen MR) is 136 cm³/mol. The first-order valence-corrected chi connectivity index (χ1v) is 14.1. The fourth-order valence-electron chi connectivity index (χ4n) is 4.76. The van der Waals surface area contributed by atoms with E-state index in [2.05, 4.69) is 60.6 Å². The van der Waals surface area contributed by atoms with Crippen LogP contribution in [-0.2, 0) is 11.0 Å². The average Bonchev–Trinajstić information content (AvgIpc) is 2.96. The molecule has 1 unspecified atom stereocenters. The van der Waals surface area contributed by atoms with Crippen LogP contribution in [0.2, 0.25) is 0 Å². The van der Waals surface area contributed by atoms with E-state index in [1.54, 1.807) is 17.4 Å². The van der Waals surface area contributed by atoms with Crippen LogP contribution < -0.4 is 0 Å². The van der Waals surface area contributed by atoms with Crippen LogP contribution >= 0.6 is 18.5 Å². The van der Waals surface area contributed by atoms with Gasteiger partial charge in [-0.3, -0.25) is 0 Å². The molecular formula is C27H35F2OPS. The molecule has 3 rings (SSSR count). The molecule has 0 spiro atoms. The van der Waals surface area contributed by atoms with Gasteiger partial charge in [-0.15, -0.1) is 11.3 Å². The second-order valence-corrected chi connectivity index (χ2v) is 15.7. The largest absolute Gasteiger partial charge is 0.323 e. The number of rotatable bonds is 6. The van der Waals surface area contributed by atoms with Gasteiger partial charge in [0.25, 0.3) is 0 Å². The van der Waals surface area contributed by atoms with Crippen molar-refractivity contribution in [3.8, 4) is 0 Å². The molecule has 1 aromatic heterocycles. The van der Waals surface area contributed by atoms with Crippen LogP contribution in [-0.4, -0.2) is 12.3 Å². The van der Waals surface area contributed by atoms with Gasteiger partial charge in [0.1, 0.15) is 0 Å². The molecule has 5 heteroatoms. The van der Waals surface area contributed by atoms with Gasteiger partial charge in [0, 0.05) is 21.9 Å². The Hall–Kier alpha value is -1.51. The van der Waals surface area contributed by atoms with Gasteiger partial charge in [-0.2, -0.15) is 0 Å². The first-order chi connectivity index (χ1) is 14.7. The lowest BCUT2D eigenvalue weighted by Crippen LogP contribution is -2.23. The molecule has 0 N–H and O–H groups in total. The lowest BCUT2D eigenvalue weighted by atomic mass is 10.00. The Morgan fingerprint density at radius 3 is 2.03 bits per heavy atom. The number of halogens is 2. The van der Waals surface area contributed by atoms with Crippen LogP contribution in [0.3, 0.4) is 0 Å². The van der Waals surface area contributed by atoms with E-state index in [1.807, 2.05) is 12.1 Å². The van der Waals surface area contributed by atoms with E-state index in [0.29, 0.717) is 24.3 Å². The summed E-state index contributed by atoms with van der Waals surface area (Å²) in [7, 11) is -2.77. The monoisotopic (exact) mass is 476 g/mol. The Kier molecular flexibility index (Phi) is 7.09. The summed E-state index contributed by atoms with van der Waals surface area (Å²) in [6.45, 7) is 14.9. The maximum absolute atomic E-state index is 15.0. The molecular weight excluding hydrogens is 441 g/mol. The van der Waals surface area contributed by atoms with Crippen LogP contribution in [0, 0.1) is 29.4 Å². The van der Waals surface area contributed by atoms with Crippen molar-refractivity contribution in [2.45, 2.75) is 60.5 Å². The van der Waals surface area contributed by atoms with E-state index < -0.39 is 18.8 Å². The zero-order valence-electron chi connectivity index (χ0n) is 20.3. The third kappa shape index (κ3) is 5.88. The number of hydrogen-bond donors (Lipinski definition) is 0. The zero-order valence-corrected chi connectivity index (χ0v) is 22.0. The molecule has 0 aliphatic heterocycles. The summed E-state index contributed by atoms with van der Waals surface area (Å²) in [5.74, 6) is -1.70. The molecule has 174 valence electrons. The standard InChI is InChI=1S/C27H35F2OPS/c1-18-20-10-8-9-11-24(20)32-25(18)23(15-19-12-13-21(28)22(29)14-19)31(30,16-26(2,3)4)17-27(5,6)7/h8-14,23H,15-17H2,1-7H3. The van der Waals surface area contributed by atoms with Crippen LogP contribution in [0.4, 0.5) is 8.78 Å². The fourth-order valence-corrected chi connectivity index (χ4v) is 11.6. The summed E-state index contributed by atoms with van der Waals surface area (Å²) in [4.78, 5) is 1.12. The van der Waals surface area contributed by atoms with Gasteiger partial charge in [0.05, 0.1) is 12.8 Å². The highest BCUT2D eigenvalue weighted by Crippen LogP contribution is 2.66. The minimum atomic E-state index is -2.77. The second-order valence-electron chi connectivity index (χ2n) is 11.4. The summed E-state index contributed by atoms with van der Waals surface area (Å²) >= 11 is 1.70. The quantitative estimate of drug-likeness (QED) is 0.324. The van der Waals surface area contributed by atoms with Crippen molar-refractivity contribution < 1.29 is 13.3 Å². The van der Waals surface area contributed by atoms with Gasteiger partial charge >= 0.3 is 0 Å². The summed E-state index contributed by atoms with van der Waals surface area (Å²) in [6, 6.07) is 12.3. The molecule has 1 heterocycles. The highest BCUT2D eigenvalue weighted by molar-refractivity contribution is 7.64. The van der Waals surface area contributed by atoms with E-state index in [1.165, 1.54) is 22.2 Å². The van der Waals surface area contributed by atoms with Gasteiger partial charge in [0.15, 0.2) is 11.6 Å². The minimum Gasteiger partial charge on any atom is -0.323 e. The summed E-state index contributed by atoms with van der Waals surface area (Å²) < 4.78 is 43.8.